The van der Waals surface area contributed by atoms with Crippen molar-refractivity contribution in [3.63, 3.8) is 0 Å². The lowest BCUT2D eigenvalue weighted by molar-refractivity contribution is 0.0526. The van der Waals surface area contributed by atoms with Gasteiger partial charge in [-0.15, -0.1) is 0 Å². The van der Waals surface area contributed by atoms with Gasteiger partial charge in [0.2, 0.25) is 6.36 Å². The van der Waals surface area contributed by atoms with Gasteiger partial charge in [-0.25, -0.2) is 14.2 Å². The highest BCUT2D eigenvalue weighted by atomic mass is 19.1. The fourth-order valence-corrected chi connectivity index (χ4v) is 4.44. The Morgan fingerprint density at radius 3 is 2.67 bits per heavy atom. The maximum absolute atomic E-state index is 13.9. The molecule has 1 aliphatic heterocycles. The number of benzene rings is 2. The van der Waals surface area contributed by atoms with E-state index in [4.69, 9.17) is 14.2 Å². The van der Waals surface area contributed by atoms with Crippen LogP contribution in [0.4, 0.5) is 4.39 Å². The Bertz CT molecular complexity index is 1280. The fourth-order valence-electron chi connectivity index (χ4n) is 4.44. The molecule has 0 saturated carbocycles. The van der Waals surface area contributed by atoms with E-state index in [0.717, 1.165) is 26.1 Å². The number of hydrogen-bond donors (Lipinski definition) is 0. The van der Waals surface area contributed by atoms with Crippen molar-refractivity contribution in [2.24, 2.45) is 0 Å². The van der Waals surface area contributed by atoms with Crippen LogP contribution >= 0.6 is 0 Å². The number of aromatic nitrogens is 2. The monoisotopic (exact) mass is 497 g/mol. The molecule has 0 radical (unpaired) electrons. The number of halogens is 1. The first-order chi connectivity index (χ1) is 17.4. The maximum Gasteiger partial charge on any atom is 0.338 e. The molecule has 1 saturated heterocycles. The Kier molecular flexibility index (Phi) is 8.20. The van der Waals surface area contributed by atoms with Crippen LogP contribution in [0.2, 0.25) is 0 Å². The second-order valence-electron chi connectivity index (χ2n) is 8.79. The van der Waals surface area contributed by atoms with Crippen molar-refractivity contribution in [3.05, 3.63) is 58.1 Å². The molecule has 0 amide bonds. The molecule has 0 bridgehead atoms. The lowest BCUT2D eigenvalue weighted by Gasteiger charge is -2.18. The Balaban J connectivity index is 1.65. The summed E-state index contributed by atoms with van der Waals surface area (Å²) in [5, 5.41) is 0.243. The third-order valence-corrected chi connectivity index (χ3v) is 6.09. The third-order valence-electron chi connectivity index (χ3n) is 6.09. The average molecular weight is 498 g/mol. The van der Waals surface area contributed by atoms with Gasteiger partial charge in [0.15, 0.2) is 5.75 Å². The number of hydrogen-bond acceptors (Lipinski definition) is 7. The Hall–Kier alpha value is -3.46. The van der Waals surface area contributed by atoms with E-state index in [1.54, 1.807) is 44.2 Å². The first-order valence-electron chi connectivity index (χ1n) is 12.4. The molecule has 1 aromatic heterocycles. The minimum atomic E-state index is -1.60. The molecule has 192 valence electrons. The van der Waals surface area contributed by atoms with Gasteiger partial charge in [0.25, 0.3) is 5.56 Å². The molecule has 8 nitrogen and oxygen atoms in total. The van der Waals surface area contributed by atoms with E-state index in [2.05, 4.69) is 9.88 Å². The van der Waals surface area contributed by atoms with Gasteiger partial charge < -0.3 is 19.1 Å². The molecule has 36 heavy (non-hydrogen) atoms. The summed E-state index contributed by atoms with van der Waals surface area (Å²) in [4.78, 5) is 32.7. The molecular formula is C27H32FN3O5. The highest BCUT2D eigenvalue weighted by Crippen LogP contribution is 2.30. The van der Waals surface area contributed by atoms with E-state index < -0.39 is 17.9 Å². The van der Waals surface area contributed by atoms with Crippen LogP contribution in [0.25, 0.3) is 16.6 Å². The number of aryl methyl sites for hydroxylation is 1. The molecule has 3 aromatic rings. The van der Waals surface area contributed by atoms with Gasteiger partial charge in [-0.1, -0.05) is 0 Å². The zero-order valence-corrected chi connectivity index (χ0v) is 21.0. The summed E-state index contributed by atoms with van der Waals surface area (Å²) in [6.07, 6.45) is 1.77. The summed E-state index contributed by atoms with van der Waals surface area (Å²) in [5.41, 5.74) is 0.632. The van der Waals surface area contributed by atoms with Crippen molar-refractivity contribution < 1.29 is 23.4 Å². The van der Waals surface area contributed by atoms with Crippen LogP contribution in [-0.2, 0) is 4.74 Å². The second kappa shape index (κ2) is 11.5. The largest absolute Gasteiger partial charge is 0.493 e. The third kappa shape index (κ3) is 5.84. The number of likely N-dealkylation sites (tertiary alicyclic amines) is 1. The van der Waals surface area contributed by atoms with Crippen molar-refractivity contribution >= 4 is 16.9 Å². The fraction of sp³-hybridized carbons (Fsp3) is 0.444. The van der Waals surface area contributed by atoms with Gasteiger partial charge in [0.1, 0.15) is 11.6 Å². The van der Waals surface area contributed by atoms with Crippen LogP contribution in [0.1, 0.15) is 49.3 Å². The number of fused-ring (bicyclic) bond motifs is 1. The zero-order valence-electron chi connectivity index (χ0n) is 21.0. The Labute approximate surface area is 209 Å². The summed E-state index contributed by atoms with van der Waals surface area (Å²) in [6, 6.07) is 9.63. The van der Waals surface area contributed by atoms with E-state index >= 15 is 0 Å². The van der Waals surface area contributed by atoms with E-state index in [1.165, 1.54) is 30.4 Å². The summed E-state index contributed by atoms with van der Waals surface area (Å²) < 4.78 is 31.7. The first-order valence-corrected chi connectivity index (χ1v) is 12.4. The minimum absolute atomic E-state index is 0.162. The van der Waals surface area contributed by atoms with Crippen LogP contribution in [-0.4, -0.2) is 59.6 Å². The second-order valence-corrected chi connectivity index (χ2v) is 8.79. The summed E-state index contributed by atoms with van der Waals surface area (Å²) in [7, 11) is 0. The van der Waals surface area contributed by atoms with Gasteiger partial charge in [0, 0.05) is 19.5 Å². The van der Waals surface area contributed by atoms with E-state index in [1.807, 2.05) is 0 Å². The van der Waals surface area contributed by atoms with Gasteiger partial charge in [-0.3, -0.25) is 9.36 Å². The lowest BCUT2D eigenvalue weighted by atomic mass is 10.1. The van der Waals surface area contributed by atoms with Gasteiger partial charge in [0.05, 0.1) is 35.4 Å². The quantitative estimate of drug-likeness (QED) is 0.303. The number of carbonyl (C=O) groups is 1. The van der Waals surface area contributed by atoms with Crippen LogP contribution < -0.4 is 15.0 Å². The molecule has 1 fully saturated rings. The molecule has 0 N–H and O–H groups in total. The lowest BCUT2D eigenvalue weighted by Crippen LogP contribution is -2.24. The van der Waals surface area contributed by atoms with Crippen LogP contribution in [0.5, 0.6) is 11.5 Å². The standard InChI is InChI=1S/C27H32FN3O5/c1-4-34-27(33)20-8-10-23-22(16-20)26(32)31(19(3)29-23)24-11-9-21(17-25(24)36-18(2)28)35-15-7-14-30-12-5-6-13-30/h8-11,16-18H,4-7,12-15H2,1-3H3. The molecule has 2 heterocycles. The van der Waals surface area contributed by atoms with Gasteiger partial charge in [-0.05, 0) is 76.5 Å². The predicted molar refractivity (Wildman–Crippen MR) is 135 cm³/mol. The molecule has 9 heteroatoms. The summed E-state index contributed by atoms with van der Waals surface area (Å²) in [5.74, 6) is 0.564. The van der Waals surface area contributed by atoms with Crippen LogP contribution in [0.3, 0.4) is 0 Å². The molecule has 4 rings (SSSR count). The predicted octanol–water partition coefficient (Wildman–Crippen LogP) is 4.43. The van der Waals surface area contributed by atoms with Crippen molar-refractivity contribution in [2.75, 3.05) is 32.8 Å². The first kappa shape index (κ1) is 25.6. The summed E-state index contributed by atoms with van der Waals surface area (Å²) >= 11 is 0. The highest BCUT2D eigenvalue weighted by Gasteiger charge is 2.18. The number of ether oxygens (including phenoxy) is 3. The average Bonchev–Trinajstić information content (AvgIpc) is 3.36. The van der Waals surface area contributed by atoms with Crippen molar-refractivity contribution in [3.8, 4) is 17.2 Å². The molecule has 2 aromatic carbocycles. The van der Waals surface area contributed by atoms with Gasteiger partial charge >= 0.3 is 5.97 Å². The van der Waals surface area contributed by atoms with Crippen molar-refractivity contribution in [1.29, 1.82) is 0 Å². The van der Waals surface area contributed by atoms with Gasteiger partial charge in [-0.2, -0.15) is 0 Å². The smallest absolute Gasteiger partial charge is 0.338 e. The number of alkyl halides is 1. The molecule has 1 unspecified atom stereocenters. The SMILES string of the molecule is CCOC(=O)c1ccc2nc(C)n(-c3ccc(OCCCN4CCCC4)cc3OC(C)F)c(=O)c2c1. The molecule has 1 atom stereocenters. The van der Waals surface area contributed by atoms with Crippen molar-refractivity contribution in [1.82, 2.24) is 14.5 Å². The molecular weight excluding hydrogens is 465 g/mol. The molecule has 1 aliphatic rings. The normalized spacial score (nSPS) is 14.7. The molecule has 0 aliphatic carbocycles. The number of carbonyl (C=O) groups excluding carboxylic acids is 1. The number of nitrogens with zero attached hydrogens (tertiary/aromatic N) is 3. The summed E-state index contributed by atoms with van der Waals surface area (Å²) in [6.45, 7) is 8.67. The van der Waals surface area contributed by atoms with Crippen LogP contribution in [0.15, 0.2) is 41.2 Å². The highest BCUT2D eigenvalue weighted by molar-refractivity contribution is 5.94. The van der Waals surface area contributed by atoms with E-state index in [-0.39, 0.29) is 23.3 Å². The molecule has 0 spiro atoms. The zero-order chi connectivity index (χ0) is 25.7. The van der Waals surface area contributed by atoms with Crippen LogP contribution in [0, 0.1) is 6.92 Å². The van der Waals surface area contributed by atoms with E-state index in [9.17, 15) is 14.0 Å². The maximum atomic E-state index is 13.9. The number of esters is 1. The Morgan fingerprint density at radius 1 is 1.17 bits per heavy atom. The van der Waals surface area contributed by atoms with E-state index in [0.29, 0.717) is 29.4 Å². The topological polar surface area (TPSA) is 82.9 Å². The minimum Gasteiger partial charge on any atom is -0.493 e. The number of rotatable bonds is 10. The van der Waals surface area contributed by atoms with Crippen molar-refractivity contribution in [2.45, 2.75) is 46.4 Å². The Morgan fingerprint density at radius 2 is 1.94 bits per heavy atom.